The van der Waals surface area contributed by atoms with Crippen LogP contribution in [0.5, 0.6) is 0 Å². The van der Waals surface area contributed by atoms with E-state index in [0.29, 0.717) is 11.5 Å². The summed E-state index contributed by atoms with van der Waals surface area (Å²) in [6.45, 7) is 0. The fourth-order valence-corrected chi connectivity index (χ4v) is 1.50. The zero-order chi connectivity index (χ0) is 11.0. The van der Waals surface area contributed by atoms with E-state index in [-0.39, 0.29) is 0 Å². The molecule has 0 atom stereocenters. The number of aromatic nitrogens is 4. The van der Waals surface area contributed by atoms with Gasteiger partial charge in [0, 0.05) is 6.20 Å². The lowest BCUT2D eigenvalue weighted by Gasteiger charge is -1.92. The highest BCUT2D eigenvalue weighted by Crippen LogP contribution is 2.13. The fraction of sp³-hybridized carbons (Fsp3) is 0. The second-order valence-electron chi connectivity index (χ2n) is 3.42. The molecule has 0 aliphatic heterocycles. The van der Waals surface area contributed by atoms with Crippen molar-refractivity contribution in [1.82, 2.24) is 19.6 Å². The van der Waals surface area contributed by atoms with Crippen LogP contribution in [0.25, 0.3) is 17.2 Å². The summed E-state index contributed by atoms with van der Waals surface area (Å²) in [5, 5.41) is 4.31. The topological polar surface area (TPSA) is 69.1 Å². The Labute approximate surface area is 91.6 Å². The van der Waals surface area contributed by atoms with E-state index < -0.39 is 0 Å². The molecule has 0 aliphatic carbocycles. The summed E-state index contributed by atoms with van der Waals surface area (Å²) < 4.78 is 1.65. The molecule has 5 heteroatoms. The van der Waals surface area contributed by atoms with Gasteiger partial charge in [0.15, 0.2) is 5.65 Å². The average molecular weight is 211 g/mol. The molecule has 3 aromatic rings. The van der Waals surface area contributed by atoms with Crippen molar-refractivity contribution >= 4 is 11.3 Å². The van der Waals surface area contributed by atoms with Gasteiger partial charge < -0.3 is 5.73 Å². The lowest BCUT2D eigenvalue weighted by Crippen LogP contribution is -1.91. The van der Waals surface area contributed by atoms with Crippen molar-refractivity contribution in [3.05, 3.63) is 42.7 Å². The summed E-state index contributed by atoms with van der Waals surface area (Å²) in [5.74, 6) is 0.603. The van der Waals surface area contributed by atoms with Crippen LogP contribution in [0.2, 0.25) is 0 Å². The first-order valence-corrected chi connectivity index (χ1v) is 4.86. The predicted octanol–water partition coefficient (Wildman–Crippen LogP) is 1.37. The number of nitrogens with zero attached hydrogens (tertiary/aromatic N) is 4. The Balaban J connectivity index is 2.19. The van der Waals surface area contributed by atoms with Crippen LogP contribution >= 0.6 is 0 Å². The highest BCUT2D eigenvalue weighted by molar-refractivity contribution is 5.55. The van der Waals surface area contributed by atoms with Gasteiger partial charge in [0.1, 0.15) is 5.69 Å². The first kappa shape index (κ1) is 8.84. The summed E-state index contributed by atoms with van der Waals surface area (Å²) in [7, 11) is 0. The molecule has 0 spiro atoms. The van der Waals surface area contributed by atoms with Crippen LogP contribution in [-0.4, -0.2) is 19.6 Å². The van der Waals surface area contributed by atoms with E-state index in [9.17, 15) is 0 Å². The molecule has 2 N–H and O–H groups in total. The third-order valence-electron chi connectivity index (χ3n) is 2.25. The second-order valence-corrected chi connectivity index (χ2v) is 3.42. The van der Waals surface area contributed by atoms with Crippen molar-refractivity contribution in [3.8, 4) is 11.5 Å². The molecule has 0 aliphatic rings. The number of hydrogen-bond acceptors (Lipinski definition) is 4. The standard InChI is InChI=1S/C11H9N5/c12-8-4-5-10-14-11(15-16(10)7-8)9-3-1-2-6-13-9/h1-7H,12H2. The first-order chi connectivity index (χ1) is 7.83. The lowest BCUT2D eigenvalue weighted by molar-refractivity contribution is 0.964. The summed E-state index contributed by atoms with van der Waals surface area (Å²) in [6, 6.07) is 9.26. The Morgan fingerprint density at radius 2 is 2.06 bits per heavy atom. The van der Waals surface area contributed by atoms with Crippen molar-refractivity contribution in [3.63, 3.8) is 0 Å². The number of pyridine rings is 2. The van der Waals surface area contributed by atoms with Crippen LogP contribution in [0, 0.1) is 0 Å². The maximum atomic E-state index is 5.67. The molecule has 0 saturated heterocycles. The van der Waals surface area contributed by atoms with E-state index in [1.165, 1.54) is 0 Å². The Morgan fingerprint density at radius 3 is 2.88 bits per heavy atom. The van der Waals surface area contributed by atoms with Gasteiger partial charge in [0.2, 0.25) is 5.82 Å². The number of rotatable bonds is 1. The highest BCUT2D eigenvalue weighted by atomic mass is 15.3. The van der Waals surface area contributed by atoms with Gasteiger partial charge in [-0.1, -0.05) is 6.07 Å². The molecular weight excluding hydrogens is 202 g/mol. The monoisotopic (exact) mass is 211 g/mol. The van der Waals surface area contributed by atoms with Crippen LogP contribution in [0.1, 0.15) is 0 Å². The minimum Gasteiger partial charge on any atom is -0.397 e. The van der Waals surface area contributed by atoms with Crippen molar-refractivity contribution < 1.29 is 0 Å². The van der Waals surface area contributed by atoms with Crippen LogP contribution in [-0.2, 0) is 0 Å². The Hall–Kier alpha value is -2.43. The third kappa shape index (κ3) is 1.38. The molecule has 16 heavy (non-hydrogen) atoms. The van der Waals surface area contributed by atoms with Gasteiger partial charge in [0.05, 0.1) is 11.9 Å². The maximum Gasteiger partial charge on any atom is 0.200 e. The molecule has 0 saturated carbocycles. The maximum absolute atomic E-state index is 5.67. The number of hydrogen-bond donors (Lipinski definition) is 1. The van der Waals surface area contributed by atoms with Crippen LogP contribution in [0.3, 0.4) is 0 Å². The van der Waals surface area contributed by atoms with Gasteiger partial charge in [0.25, 0.3) is 0 Å². The molecule has 0 radical (unpaired) electrons. The highest BCUT2D eigenvalue weighted by Gasteiger charge is 2.06. The molecule has 3 rings (SSSR count). The lowest BCUT2D eigenvalue weighted by atomic mass is 10.3. The molecule has 0 aromatic carbocycles. The van der Waals surface area contributed by atoms with Gasteiger partial charge in [-0.15, -0.1) is 5.10 Å². The zero-order valence-electron chi connectivity index (χ0n) is 8.41. The average Bonchev–Trinajstić information content (AvgIpc) is 2.73. The third-order valence-corrected chi connectivity index (χ3v) is 2.25. The minimum atomic E-state index is 0.603. The number of nitrogens with two attached hydrogens (primary N) is 1. The minimum absolute atomic E-state index is 0.603. The molecule has 5 nitrogen and oxygen atoms in total. The molecule has 0 fully saturated rings. The van der Waals surface area contributed by atoms with Gasteiger partial charge in [-0.05, 0) is 24.3 Å². The predicted molar refractivity (Wildman–Crippen MR) is 60.6 cm³/mol. The Morgan fingerprint density at radius 1 is 1.12 bits per heavy atom. The summed E-state index contributed by atoms with van der Waals surface area (Å²) >= 11 is 0. The van der Waals surface area contributed by atoms with E-state index in [4.69, 9.17) is 5.73 Å². The smallest absolute Gasteiger partial charge is 0.200 e. The largest absolute Gasteiger partial charge is 0.397 e. The second kappa shape index (κ2) is 3.30. The Kier molecular flexibility index (Phi) is 1.83. The molecule has 3 aromatic heterocycles. The normalized spacial score (nSPS) is 10.8. The van der Waals surface area contributed by atoms with E-state index in [0.717, 1.165) is 11.3 Å². The quantitative estimate of drug-likeness (QED) is 0.660. The van der Waals surface area contributed by atoms with Crippen molar-refractivity contribution in [1.29, 1.82) is 0 Å². The van der Waals surface area contributed by atoms with Crippen molar-refractivity contribution in [2.75, 3.05) is 5.73 Å². The van der Waals surface area contributed by atoms with Crippen molar-refractivity contribution in [2.24, 2.45) is 0 Å². The number of fused-ring (bicyclic) bond motifs is 1. The SMILES string of the molecule is Nc1ccc2nc(-c3ccccn3)nn2c1. The van der Waals surface area contributed by atoms with Gasteiger partial charge in [-0.25, -0.2) is 9.50 Å². The molecule has 78 valence electrons. The van der Waals surface area contributed by atoms with Crippen LogP contribution < -0.4 is 5.73 Å². The zero-order valence-corrected chi connectivity index (χ0v) is 8.41. The summed E-state index contributed by atoms with van der Waals surface area (Å²) in [5.41, 5.74) is 7.84. The van der Waals surface area contributed by atoms with E-state index in [1.807, 2.05) is 24.3 Å². The van der Waals surface area contributed by atoms with Crippen molar-refractivity contribution in [2.45, 2.75) is 0 Å². The van der Waals surface area contributed by atoms with E-state index in [1.54, 1.807) is 23.0 Å². The van der Waals surface area contributed by atoms with Gasteiger partial charge in [-0.3, -0.25) is 4.98 Å². The first-order valence-electron chi connectivity index (χ1n) is 4.86. The molecular formula is C11H9N5. The van der Waals surface area contributed by atoms with Crippen LogP contribution in [0.15, 0.2) is 42.7 Å². The molecule has 0 unspecified atom stereocenters. The van der Waals surface area contributed by atoms with Gasteiger partial charge >= 0.3 is 0 Å². The van der Waals surface area contributed by atoms with Crippen LogP contribution in [0.4, 0.5) is 5.69 Å². The molecule has 3 heterocycles. The molecule has 0 bridgehead atoms. The fourth-order valence-electron chi connectivity index (χ4n) is 1.50. The van der Waals surface area contributed by atoms with E-state index >= 15 is 0 Å². The summed E-state index contributed by atoms with van der Waals surface area (Å²) in [4.78, 5) is 8.55. The van der Waals surface area contributed by atoms with Gasteiger partial charge in [-0.2, -0.15) is 0 Å². The number of anilines is 1. The van der Waals surface area contributed by atoms with E-state index in [2.05, 4.69) is 15.1 Å². The Bertz CT molecular complexity index is 629. The summed E-state index contributed by atoms with van der Waals surface area (Å²) in [6.07, 6.45) is 3.45. The number of nitrogen functional groups attached to an aromatic ring is 1. The molecule has 0 amide bonds.